The monoisotopic (exact) mass is 550 g/mol. The zero-order chi connectivity index (χ0) is 28.9. The number of carbonyl (C=O) groups is 2. The Morgan fingerprint density at radius 2 is 1.48 bits per heavy atom. The van der Waals surface area contributed by atoms with Gasteiger partial charge in [-0.3, -0.25) is 9.69 Å². The molecule has 3 aromatic rings. The lowest BCUT2D eigenvalue weighted by atomic mass is 9.92. The van der Waals surface area contributed by atoms with E-state index in [1.165, 1.54) is 12.1 Å². The van der Waals surface area contributed by atoms with Crippen LogP contribution in [0, 0.1) is 11.6 Å². The minimum atomic E-state index is -1.22. The summed E-state index contributed by atoms with van der Waals surface area (Å²) in [5.41, 5.74) is 1.49. The topological polar surface area (TPSA) is 70.1 Å². The third kappa shape index (κ3) is 7.73. The quantitative estimate of drug-likeness (QED) is 0.361. The van der Waals surface area contributed by atoms with Gasteiger partial charge in [0.15, 0.2) is 0 Å². The van der Waals surface area contributed by atoms with Gasteiger partial charge >= 0.3 is 6.09 Å². The molecule has 0 aliphatic carbocycles. The maximum absolute atomic E-state index is 14.2. The smallest absolute Gasteiger partial charge is 0.417 e. The highest BCUT2D eigenvalue weighted by Crippen LogP contribution is 2.30. The number of nitrogens with zero attached hydrogens (tertiary/aromatic N) is 2. The lowest BCUT2D eigenvalue weighted by molar-refractivity contribution is -0.130. The first kappa shape index (κ1) is 29.4. The van der Waals surface area contributed by atoms with Crippen molar-refractivity contribution in [2.75, 3.05) is 0 Å². The molecule has 1 aliphatic rings. The van der Waals surface area contributed by atoms with Gasteiger partial charge in [-0.25, -0.2) is 18.5 Å². The number of halogens is 2. The zero-order valence-electron chi connectivity index (χ0n) is 23.1. The van der Waals surface area contributed by atoms with Gasteiger partial charge in [-0.05, 0) is 62.4 Å². The predicted molar refractivity (Wildman–Crippen MR) is 148 cm³/mol. The molecular weight excluding hydrogens is 514 g/mol. The summed E-state index contributed by atoms with van der Waals surface area (Å²) < 4.78 is 33.9. The molecule has 1 fully saturated rings. The maximum atomic E-state index is 14.2. The van der Waals surface area contributed by atoms with Crippen molar-refractivity contribution in [3.8, 4) is 0 Å². The average molecular weight is 551 g/mol. The Labute approximate surface area is 234 Å². The summed E-state index contributed by atoms with van der Waals surface area (Å²) in [6.45, 7) is 5.96. The second-order valence-corrected chi connectivity index (χ2v) is 11.3. The lowest BCUT2D eigenvalue weighted by Crippen LogP contribution is -2.55. The predicted octanol–water partition coefficient (Wildman–Crippen LogP) is 5.87. The van der Waals surface area contributed by atoms with Crippen molar-refractivity contribution in [3.63, 3.8) is 0 Å². The highest BCUT2D eigenvalue weighted by atomic mass is 19.1. The van der Waals surface area contributed by atoms with E-state index in [0.717, 1.165) is 22.1 Å². The largest absolute Gasteiger partial charge is 0.443 e. The van der Waals surface area contributed by atoms with Gasteiger partial charge < -0.3 is 9.84 Å². The van der Waals surface area contributed by atoms with Crippen molar-refractivity contribution in [2.45, 2.75) is 76.9 Å². The molecule has 8 heteroatoms. The highest BCUT2D eigenvalue weighted by molar-refractivity contribution is 5.94. The minimum Gasteiger partial charge on any atom is -0.443 e. The number of aliphatic hydroxyl groups is 1. The molecule has 1 heterocycles. The number of hydrogen-bond acceptors (Lipinski definition) is 5. The molecule has 0 spiro atoms. The van der Waals surface area contributed by atoms with Crippen molar-refractivity contribution >= 4 is 12.0 Å². The standard InChI is InChI=1S/C32H36F2N2O4/c1-32(2,3)40-31(39)36-27(14-15-29(36)37)30(38)28(18-24-16-25(33)19-26(34)17-24)35(20-22-10-6-4-7-11-22)21-23-12-8-5-9-13-23/h4-13,16-17,19,27-28,30,38H,14-15,18,20-21H2,1-3H3/t27-,28-,30+/m0/s1. The SMILES string of the molecule is CC(C)(C)OC(=O)N1C(=O)CC[C@H]1[C@@H](O)[C@H](Cc1cc(F)cc(F)c1)N(Cc1ccccc1)Cc1ccccc1. The summed E-state index contributed by atoms with van der Waals surface area (Å²) >= 11 is 0. The highest BCUT2D eigenvalue weighted by Gasteiger charge is 2.45. The molecule has 1 saturated heterocycles. The van der Waals surface area contributed by atoms with Crippen molar-refractivity contribution in [2.24, 2.45) is 0 Å². The normalized spacial score (nSPS) is 17.2. The van der Waals surface area contributed by atoms with E-state index in [9.17, 15) is 23.5 Å². The van der Waals surface area contributed by atoms with Crippen LogP contribution in [0.3, 0.4) is 0 Å². The summed E-state index contributed by atoms with van der Waals surface area (Å²) in [4.78, 5) is 29.0. The zero-order valence-corrected chi connectivity index (χ0v) is 23.1. The molecule has 4 rings (SSSR count). The van der Waals surface area contributed by atoms with Crippen LogP contribution in [0.15, 0.2) is 78.9 Å². The summed E-state index contributed by atoms with van der Waals surface area (Å²) in [6.07, 6.45) is -1.62. The van der Waals surface area contributed by atoms with Gasteiger partial charge in [0.1, 0.15) is 17.2 Å². The molecule has 0 radical (unpaired) electrons. The van der Waals surface area contributed by atoms with Crippen LogP contribution < -0.4 is 0 Å². The molecule has 0 aromatic heterocycles. The Morgan fingerprint density at radius 1 is 0.950 bits per heavy atom. The van der Waals surface area contributed by atoms with Crippen molar-refractivity contribution in [1.82, 2.24) is 9.80 Å². The van der Waals surface area contributed by atoms with Crippen LogP contribution in [-0.2, 0) is 29.0 Å². The third-order valence-corrected chi connectivity index (χ3v) is 6.93. The van der Waals surface area contributed by atoms with Gasteiger partial charge in [0.05, 0.1) is 12.1 Å². The molecular formula is C32H36F2N2O4. The molecule has 40 heavy (non-hydrogen) atoms. The number of benzene rings is 3. The van der Waals surface area contributed by atoms with Crippen LogP contribution in [-0.4, -0.2) is 50.7 Å². The van der Waals surface area contributed by atoms with E-state index < -0.39 is 47.4 Å². The Hall–Kier alpha value is -3.62. The summed E-state index contributed by atoms with van der Waals surface area (Å²) in [6, 6.07) is 21.1. The number of likely N-dealkylation sites (tertiary alicyclic amines) is 1. The molecule has 3 atom stereocenters. The number of hydrogen-bond donors (Lipinski definition) is 1. The maximum Gasteiger partial charge on any atom is 0.417 e. The number of imide groups is 1. The summed E-state index contributed by atoms with van der Waals surface area (Å²) in [7, 11) is 0. The van der Waals surface area contributed by atoms with E-state index in [1.54, 1.807) is 20.8 Å². The second-order valence-electron chi connectivity index (χ2n) is 11.3. The second kappa shape index (κ2) is 12.7. The Bertz CT molecular complexity index is 1240. The first-order valence-corrected chi connectivity index (χ1v) is 13.5. The first-order valence-electron chi connectivity index (χ1n) is 13.5. The third-order valence-electron chi connectivity index (χ3n) is 6.93. The van der Waals surface area contributed by atoms with E-state index in [4.69, 9.17) is 4.74 Å². The van der Waals surface area contributed by atoms with Crippen LogP contribution in [0.2, 0.25) is 0 Å². The van der Waals surface area contributed by atoms with Crippen molar-refractivity contribution in [3.05, 3.63) is 107 Å². The van der Waals surface area contributed by atoms with Crippen LogP contribution in [0.4, 0.5) is 13.6 Å². The molecule has 3 aromatic carbocycles. The van der Waals surface area contributed by atoms with E-state index in [-0.39, 0.29) is 19.3 Å². The first-order chi connectivity index (χ1) is 19.0. The molecule has 6 nitrogen and oxygen atoms in total. The van der Waals surface area contributed by atoms with Crippen molar-refractivity contribution < 1.29 is 28.2 Å². The molecule has 0 saturated carbocycles. The lowest BCUT2D eigenvalue weighted by Gasteiger charge is -2.39. The fourth-order valence-corrected chi connectivity index (χ4v) is 5.20. The van der Waals surface area contributed by atoms with E-state index in [1.807, 2.05) is 65.6 Å². The molecule has 2 amide bonds. The average Bonchev–Trinajstić information content (AvgIpc) is 3.28. The fraction of sp³-hybridized carbons (Fsp3) is 0.375. The van der Waals surface area contributed by atoms with E-state index in [2.05, 4.69) is 0 Å². The number of aliphatic hydroxyl groups excluding tert-OH is 1. The van der Waals surface area contributed by atoms with Gasteiger partial charge in [-0.15, -0.1) is 0 Å². The van der Waals surface area contributed by atoms with E-state index >= 15 is 0 Å². The minimum absolute atomic E-state index is 0.0830. The Kier molecular flexibility index (Phi) is 9.32. The Morgan fingerprint density at radius 3 is 1.98 bits per heavy atom. The number of amides is 2. The molecule has 0 bridgehead atoms. The van der Waals surface area contributed by atoms with Crippen LogP contribution in [0.25, 0.3) is 0 Å². The Balaban J connectivity index is 1.74. The molecule has 0 unspecified atom stereocenters. The molecule has 212 valence electrons. The van der Waals surface area contributed by atoms with Gasteiger partial charge in [0, 0.05) is 31.6 Å². The number of carbonyl (C=O) groups excluding carboxylic acids is 2. The van der Waals surface area contributed by atoms with Gasteiger partial charge in [-0.1, -0.05) is 60.7 Å². The number of rotatable bonds is 9. The summed E-state index contributed by atoms with van der Waals surface area (Å²) in [5, 5.41) is 11.9. The fourth-order valence-electron chi connectivity index (χ4n) is 5.20. The van der Waals surface area contributed by atoms with Crippen molar-refractivity contribution in [1.29, 1.82) is 0 Å². The van der Waals surface area contributed by atoms with Crippen LogP contribution in [0.5, 0.6) is 0 Å². The molecule has 1 aliphatic heterocycles. The number of ether oxygens (including phenoxy) is 1. The molecule has 1 N–H and O–H groups in total. The summed E-state index contributed by atoms with van der Waals surface area (Å²) in [5.74, 6) is -1.86. The van der Waals surface area contributed by atoms with E-state index in [0.29, 0.717) is 18.7 Å². The van der Waals surface area contributed by atoms with Crippen LogP contribution >= 0.6 is 0 Å². The van der Waals surface area contributed by atoms with Gasteiger partial charge in [0.25, 0.3) is 0 Å². The van der Waals surface area contributed by atoms with Crippen LogP contribution in [0.1, 0.15) is 50.3 Å². The van der Waals surface area contributed by atoms with Gasteiger partial charge in [0.2, 0.25) is 5.91 Å². The van der Waals surface area contributed by atoms with Gasteiger partial charge in [-0.2, -0.15) is 0 Å².